The first-order valence-corrected chi connectivity index (χ1v) is 10.0. The average molecular weight is 381 g/mol. The van der Waals surface area contributed by atoms with E-state index in [-0.39, 0.29) is 0 Å². The van der Waals surface area contributed by atoms with Gasteiger partial charge < -0.3 is 24.5 Å². The SMILES string of the molecule is COCCNC(=NCC(CC(C)C)N1CCOCC1)NCCc1ccco1. The van der Waals surface area contributed by atoms with Gasteiger partial charge >= 0.3 is 0 Å². The van der Waals surface area contributed by atoms with Gasteiger partial charge in [0.1, 0.15) is 5.76 Å². The van der Waals surface area contributed by atoms with Crippen LogP contribution >= 0.6 is 0 Å². The summed E-state index contributed by atoms with van der Waals surface area (Å²) in [6, 6.07) is 4.36. The summed E-state index contributed by atoms with van der Waals surface area (Å²) >= 11 is 0. The van der Waals surface area contributed by atoms with E-state index in [1.807, 2.05) is 12.1 Å². The smallest absolute Gasteiger partial charge is 0.191 e. The average Bonchev–Trinajstić information content (AvgIpc) is 3.18. The normalized spacial score (nSPS) is 17.3. The number of nitrogens with zero attached hydrogens (tertiary/aromatic N) is 2. The molecule has 0 bridgehead atoms. The Bertz CT molecular complexity index is 513. The summed E-state index contributed by atoms with van der Waals surface area (Å²) in [7, 11) is 1.71. The van der Waals surface area contributed by atoms with Crippen LogP contribution < -0.4 is 10.6 Å². The first kappa shape index (κ1) is 21.7. The number of furan rings is 1. The Kier molecular flexibility index (Phi) is 10.3. The van der Waals surface area contributed by atoms with Crippen LogP contribution in [0.1, 0.15) is 26.0 Å². The molecule has 0 saturated carbocycles. The van der Waals surface area contributed by atoms with Crippen molar-refractivity contribution in [3.63, 3.8) is 0 Å². The van der Waals surface area contributed by atoms with Crippen molar-refractivity contribution in [2.75, 3.05) is 59.7 Å². The highest BCUT2D eigenvalue weighted by Crippen LogP contribution is 2.14. The van der Waals surface area contributed by atoms with Crippen LogP contribution in [0.3, 0.4) is 0 Å². The molecule has 0 aliphatic carbocycles. The lowest BCUT2D eigenvalue weighted by atomic mass is 10.0. The van der Waals surface area contributed by atoms with E-state index in [1.165, 1.54) is 0 Å². The standard InChI is InChI=1S/C20H36N4O3/c1-17(2)15-18(24-9-13-26-14-10-24)16-23-20(22-8-12-25-3)21-7-6-19-5-4-11-27-19/h4-5,11,17-18H,6-10,12-16H2,1-3H3,(H2,21,22,23). The summed E-state index contributed by atoms with van der Waals surface area (Å²) in [6.07, 6.45) is 3.68. The van der Waals surface area contributed by atoms with Gasteiger partial charge in [0.15, 0.2) is 5.96 Å². The van der Waals surface area contributed by atoms with Gasteiger partial charge in [0, 0.05) is 45.8 Å². The second kappa shape index (κ2) is 12.8. The lowest BCUT2D eigenvalue weighted by Gasteiger charge is -2.34. The number of hydrogen-bond acceptors (Lipinski definition) is 5. The van der Waals surface area contributed by atoms with Crippen molar-refractivity contribution in [3.05, 3.63) is 24.2 Å². The van der Waals surface area contributed by atoms with Crippen molar-refractivity contribution in [2.45, 2.75) is 32.7 Å². The van der Waals surface area contributed by atoms with Crippen molar-refractivity contribution < 1.29 is 13.9 Å². The van der Waals surface area contributed by atoms with E-state index in [2.05, 4.69) is 29.4 Å². The molecule has 0 amide bonds. The van der Waals surface area contributed by atoms with Crippen LogP contribution in [0.5, 0.6) is 0 Å². The Morgan fingerprint density at radius 1 is 1.26 bits per heavy atom. The van der Waals surface area contributed by atoms with Gasteiger partial charge in [-0.25, -0.2) is 0 Å². The molecule has 0 spiro atoms. The van der Waals surface area contributed by atoms with Crippen LogP contribution in [-0.2, 0) is 15.9 Å². The second-order valence-corrected chi connectivity index (χ2v) is 7.30. The van der Waals surface area contributed by atoms with E-state index in [9.17, 15) is 0 Å². The summed E-state index contributed by atoms with van der Waals surface area (Å²) in [5.41, 5.74) is 0. The molecule has 1 aliphatic rings. The maximum atomic E-state index is 5.51. The predicted octanol–water partition coefficient (Wildman–Crippen LogP) is 1.75. The molecule has 1 saturated heterocycles. The maximum Gasteiger partial charge on any atom is 0.191 e. The van der Waals surface area contributed by atoms with Crippen LogP contribution in [0.2, 0.25) is 0 Å². The molecule has 7 heteroatoms. The minimum absolute atomic E-state index is 0.444. The Labute approximate surface area is 163 Å². The lowest BCUT2D eigenvalue weighted by Crippen LogP contribution is -2.46. The second-order valence-electron chi connectivity index (χ2n) is 7.30. The number of morpholine rings is 1. The largest absolute Gasteiger partial charge is 0.469 e. The van der Waals surface area contributed by atoms with E-state index in [0.29, 0.717) is 18.6 Å². The third-order valence-electron chi connectivity index (χ3n) is 4.61. The number of nitrogens with one attached hydrogen (secondary N) is 2. The fraction of sp³-hybridized carbons (Fsp3) is 0.750. The van der Waals surface area contributed by atoms with Crippen LogP contribution in [0.4, 0.5) is 0 Å². The van der Waals surface area contributed by atoms with Crippen LogP contribution in [0.15, 0.2) is 27.8 Å². The predicted molar refractivity (Wildman–Crippen MR) is 108 cm³/mol. The van der Waals surface area contributed by atoms with E-state index in [0.717, 1.165) is 70.5 Å². The maximum absolute atomic E-state index is 5.51. The molecule has 1 aliphatic heterocycles. The first-order valence-electron chi connectivity index (χ1n) is 10.0. The van der Waals surface area contributed by atoms with Crippen LogP contribution in [0, 0.1) is 5.92 Å². The number of rotatable bonds is 11. The van der Waals surface area contributed by atoms with Gasteiger partial charge in [-0.2, -0.15) is 0 Å². The van der Waals surface area contributed by atoms with Crippen molar-refractivity contribution in [1.29, 1.82) is 0 Å². The zero-order chi connectivity index (χ0) is 19.3. The van der Waals surface area contributed by atoms with Crippen molar-refractivity contribution in [2.24, 2.45) is 10.9 Å². The molecule has 154 valence electrons. The number of ether oxygens (including phenoxy) is 2. The molecule has 1 aromatic heterocycles. The molecular formula is C20H36N4O3. The zero-order valence-electron chi connectivity index (χ0n) is 17.1. The fourth-order valence-corrected chi connectivity index (χ4v) is 3.23. The van der Waals surface area contributed by atoms with E-state index < -0.39 is 0 Å². The summed E-state index contributed by atoms with van der Waals surface area (Å²) in [5, 5.41) is 6.76. The molecule has 1 atom stereocenters. The Hall–Kier alpha value is -1.57. The zero-order valence-corrected chi connectivity index (χ0v) is 17.1. The highest BCUT2D eigenvalue weighted by molar-refractivity contribution is 5.79. The van der Waals surface area contributed by atoms with Gasteiger partial charge in [-0.1, -0.05) is 13.8 Å². The van der Waals surface area contributed by atoms with E-state index in [1.54, 1.807) is 13.4 Å². The Balaban J connectivity index is 1.91. The van der Waals surface area contributed by atoms with Gasteiger partial charge in [0.2, 0.25) is 0 Å². The number of guanidine groups is 1. The van der Waals surface area contributed by atoms with Gasteiger partial charge in [-0.05, 0) is 24.5 Å². The number of methoxy groups -OCH3 is 1. The summed E-state index contributed by atoms with van der Waals surface area (Å²) in [4.78, 5) is 7.39. The summed E-state index contributed by atoms with van der Waals surface area (Å²) in [5.74, 6) is 2.45. The molecule has 0 aromatic carbocycles. The first-order chi connectivity index (χ1) is 13.2. The monoisotopic (exact) mass is 380 g/mol. The molecule has 7 nitrogen and oxygen atoms in total. The molecule has 1 unspecified atom stereocenters. The van der Waals surface area contributed by atoms with Crippen molar-refractivity contribution in [1.82, 2.24) is 15.5 Å². The topological polar surface area (TPSA) is 71.3 Å². The molecular weight excluding hydrogens is 344 g/mol. The third kappa shape index (κ3) is 8.77. The molecule has 1 aromatic rings. The van der Waals surface area contributed by atoms with E-state index >= 15 is 0 Å². The fourth-order valence-electron chi connectivity index (χ4n) is 3.23. The van der Waals surface area contributed by atoms with Crippen molar-refractivity contribution in [3.8, 4) is 0 Å². The molecule has 27 heavy (non-hydrogen) atoms. The Morgan fingerprint density at radius 3 is 2.70 bits per heavy atom. The molecule has 1 fully saturated rings. The van der Waals surface area contributed by atoms with Gasteiger partial charge in [-0.15, -0.1) is 0 Å². The van der Waals surface area contributed by atoms with Gasteiger partial charge in [0.05, 0.1) is 32.6 Å². The third-order valence-corrected chi connectivity index (χ3v) is 4.61. The highest BCUT2D eigenvalue weighted by atomic mass is 16.5. The minimum Gasteiger partial charge on any atom is -0.469 e. The molecule has 2 N–H and O–H groups in total. The van der Waals surface area contributed by atoms with E-state index in [4.69, 9.17) is 18.9 Å². The number of hydrogen-bond donors (Lipinski definition) is 2. The highest BCUT2D eigenvalue weighted by Gasteiger charge is 2.21. The summed E-state index contributed by atoms with van der Waals surface area (Å²) in [6.45, 7) is 11.1. The quantitative estimate of drug-likeness (QED) is 0.346. The molecule has 0 radical (unpaired) electrons. The van der Waals surface area contributed by atoms with Crippen molar-refractivity contribution >= 4 is 5.96 Å². The minimum atomic E-state index is 0.444. The van der Waals surface area contributed by atoms with Crippen LogP contribution in [-0.4, -0.2) is 76.6 Å². The number of aliphatic imine (C=N–C) groups is 1. The van der Waals surface area contributed by atoms with Crippen LogP contribution in [0.25, 0.3) is 0 Å². The van der Waals surface area contributed by atoms with Gasteiger partial charge in [-0.3, -0.25) is 9.89 Å². The summed E-state index contributed by atoms with van der Waals surface area (Å²) < 4.78 is 16.1. The lowest BCUT2D eigenvalue weighted by molar-refractivity contribution is 0.0143. The van der Waals surface area contributed by atoms with Gasteiger partial charge in [0.25, 0.3) is 0 Å². The Morgan fingerprint density at radius 2 is 2.04 bits per heavy atom. The molecule has 2 rings (SSSR count). The molecule has 2 heterocycles.